The Kier molecular flexibility index (Phi) is 6.88. The molecule has 32 heavy (non-hydrogen) atoms. The number of nitrogens with one attached hydrogen (secondary N) is 1. The molecule has 0 fully saturated rings. The summed E-state index contributed by atoms with van der Waals surface area (Å²) in [6.07, 6.45) is 1.49. The van der Waals surface area contributed by atoms with Gasteiger partial charge in [-0.25, -0.2) is 19.6 Å². The van der Waals surface area contributed by atoms with Crippen LogP contribution in [0.4, 0.5) is 4.39 Å². The van der Waals surface area contributed by atoms with Crippen LogP contribution in [0.1, 0.15) is 15.9 Å². The topological polar surface area (TPSA) is 80.7 Å². The molecule has 0 aliphatic heterocycles. The van der Waals surface area contributed by atoms with Crippen LogP contribution in [-0.2, 0) is 4.79 Å². The number of halogens is 1. The van der Waals surface area contributed by atoms with E-state index in [1.807, 2.05) is 24.3 Å². The average molecular weight is 466 g/mol. The van der Waals surface area contributed by atoms with Crippen LogP contribution in [-0.4, -0.2) is 28.8 Å². The van der Waals surface area contributed by atoms with Crippen LogP contribution in [0.15, 0.2) is 82.2 Å². The summed E-state index contributed by atoms with van der Waals surface area (Å²) in [4.78, 5) is 28.5. The summed E-state index contributed by atoms with van der Waals surface area (Å²) in [5.74, 6) is -0.699. The Bertz CT molecular complexity index is 1240. The van der Waals surface area contributed by atoms with Crippen LogP contribution in [0, 0.1) is 5.82 Å². The van der Waals surface area contributed by atoms with Crippen LogP contribution in [0.25, 0.3) is 10.2 Å². The lowest BCUT2D eigenvalue weighted by Crippen LogP contribution is -2.19. The van der Waals surface area contributed by atoms with Gasteiger partial charge in [-0.05, 0) is 66.2 Å². The summed E-state index contributed by atoms with van der Waals surface area (Å²) >= 11 is 2.90. The summed E-state index contributed by atoms with van der Waals surface area (Å²) in [7, 11) is 0. The van der Waals surface area contributed by atoms with Gasteiger partial charge in [-0.2, -0.15) is 5.10 Å². The predicted octanol–water partition coefficient (Wildman–Crippen LogP) is 4.90. The van der Waals surface area contributed by atoms with E-state index in [2.05, 4.69) is 15.5 Å². The van der Waals surface area contributed by atoms with Crippen molar-refractivity contribution in [2.45, 2.75) is 4.34 Å². The van der Waals surface area contributed by atoms with E-state index in [9.17, 15) is 14.0 Å². The first kappa shape index (κ1) is 21.7. The highest BCUT2D eigenvalue weighted by molar-refractivity contribution is 8.01. The number of hydrogen-bond donors (Lipinski definition) is 1. The summed E-state index contributed by atoms with van der Waals surface area (Å²) in [6.45, 7) is 0. The van der Waals surface area contributed by atoms with E-state index in [1.54, 1.807) is 35.6 Å². The summed E-state index contributed by atoms with van der Waals surface area (Å²) in [5.41, 5.74) is 4.37. The van der Waals surface area contributed by atoms with E-state index in [4.69, 9.17) is 4.74 Å². The molecule has 0 atom stereocenters. The number of esters is 1. The van der Waals surface area contributed by atoms with E-state index in [0.717, 1.165) is 14.6 Å². The molecular formula is C23H16FN3O3S2. The number of thiazole rings is 1. The number of para-hydroxylation sites is 1. The smallest absolute Gasteiger partial charge is 0.343 e. The number of hydrogen-bond acceptors (Lipinski definition) is 7. The minimum atomic E-state index is -0.579. The number of aromatic nitrogens is 1. The molecule has 0 radical (unpaired) electrons. The Morgan fingerprint density at radius 1 is 1.06 bits per heavy atom. The van der Waals surface area contributed by atoms with Gasteiger partial charge in [-0.1, -0.05) is 23.9 Å². The first-order chi connectivity index (χ1) is 15.6. The number of rotatable bonds is 7. The number of ether oxygens (including phenoxy) is 1. The van der Waals surface area contributed by atoms with Gasteiger partial charge in [-0.15, -0.1) is 11.3 Å². The molecule has 4 rings (SSSR count). The molecular weight excluding hydrogens is 449 g/mol. The van der Waals surface area contributed by atoms with E-state index < -0.39 is 11.8 Å². The number of carbonyl (C=O) groups excluding carboxylic acids is 2. The Hall–Kier alpha value is -3.56. The van der Waals surface area contributed by atoms with Crippen molar-refractivity contribution >= 4 is 51.4 Å². The molecule has 1 N–H and O–H groups in total. The number of amides is 1. The van der Waals surface area contributed by atoms with Crippen LogP contribution >= 0.6 is 23.1 Å². The van der Waals surface area contributed by atoms with Gasteiger partial charge in [-0.3, -0.25) is 4.79 Å². The molecule has 0 saturated carbocycles. The molecule has 1 heterocycles. The summed E-state index contributed by atoms with van der Waals surface area (Å²) in [5, 5.41) is 3.94. The minimum absolute atomic E-state index is 0.204. The van der Waals surface area contributed by atoms with Crippen molar-refractivity contribution < 1.29 is 18.7 Å². The van der Waals surface area contributed by atoms with Crippen molar-refractivity contribution in [3.63, 3.8) is 0 Å². The quantitative estimate of drug-likeness (QED) is 0.138. The number of carbonyl (C=O) groups is 2. The lowest BCUT2D eigenvalue weighted by molar-refractivity contribution is -0.118. The van der Waals surface area contributed by atoms with Gasteiger partial charge in [0.1, 0.15) is 11.6 Å². The molecule has 0 spiro atoms. The van der Waals surface area contributed by atoms with Crippen molar-refractivity contribution in [1.29, 1.82) is 0 Å². The standard InChI is InChI=1S/C23H16FN3O3S2/c24-17-9-7-16(8-10-17)22(29)30-18-11-5-15(6-12-18)13-25-27-21(28)14-31-23-26-19-3-1-2-4-20(19)32-23/h1-13H,14H2,(H,27,28)/b25-13+. The van der Waals surface area contributed by atoms with Crippen molar-refractivity contribution in [3.8, 4) is 5.75 Å². The second-order valence-electron chi connectivity index (χ2n) is 6.49. The van der Waals surface area contributed by atoms with Crippen molar-refractivity contribution in [3.05, 3.63) is 89.7 Å². The zero-order chi connectivity index (χ0) is 22.3. The number of benzene rings is 3. The predicted molar refractivity (Wildman–Crippen MR) is 124 cm³/mol. The molecule has 9 heteroatoms. The Morgan fingerprint density at radius 3 is 2.56 bits per heavy atom. The van der Waals surface area contributed by atoms with E-state index in [1.165, 1.54) is 42.2 Å². The second-order valence-corrected chi connectivity index (χ2v) is 8.75. The first-order valence-electron chi connectivity index (χ1n) is 9.45. The second kappa shape index (κ2) is 10.2. The van der Waals surface area contributed by atoms with Crippen molar-refractivity contribution in [1.82, 2.24) is 10.4 Å². The van der Waals surface area contributed by atoms with E-state index >= 15 is 0 Å². The molecule has 0 bridgehead atoms. The third-order valence-electron chi connectivity index (χ3n) is 4.17. The molecule has 3 aromatic carbocycles. The lowest BCUT2D eigenvalue weighted by Gasteiger charge is -2.04. The monoisotopic (exact) mass is 465 g/mol. The fraction of sp³-hybridized carbons (Fsp3) is 0.0435. The summed E-state index contributed by atoms with van der Waals surface area (Å²) in [6, 6.07) is 19.5. The zero-order valence-corrected chi connectivity index (χ0v) is 18.2. The molecule has 0 aliphatic rings. The highest BCUT2D eigenvalue weighted by Gasteiger charge is 2.09. The maximum absolute atomic E-state index is 12.9. The third-order valence-corrected chi connectivity index (χ3v) is 6.35. The molecule has 6 nitrogen and oxygen atoms in total. The van der Waals surface area contributed by atoms with Gasteiger partial charge >= 0.3 is 5.97 Å². The van der Waals surface area contributed by atoms with Gasteiger partial charge in [0.2, 0.25) is 0 Å². The third kappa shape index (κ3) is 5.77. The first-order valence-corrected chi connectivity index (χ1v) is 11.2. The maximum Gasteiger partial charge on any atom is 0.343 e. The van der Waals surface area contributed by atoms with Crippen LogP contribution in [0.5, 0.6) is 5.75 Å². The largest absolute Gasteiger partial charge is 0.423 e. The fourth-order valence-electron chi connectivity index (χ4n) is 2.63. The fourth-order valence-corrected chi connectivity index (χ4v) is 4.49. The highest BCUT2D eigenvalue weighted by atomic mass is 32.2. The van der Waals surface area contributed by atoms with Gasteiger partial charge in [0.15, 0.2) is 4.34 Å². The molecule has 1 amide bonds. The molecule has 1 aromatic heterocycles. The Balaban J connectivity index is 1.24. The molecule has 0 saturated heterocycles. The molecule has 0 aliphatic carbocycles. The van der Waals surface area contributed by atoms with Gasteiger partial charge in [0, 0.05) is 0 Å². The lowest BCUT2D eigenvalue weighted by atomic mass is 10.2. The highest BCUT2D eigenvalue weighted by Crippen LogP contribution is 2.29. The minimum Gasteiger partial charge on any atom is -0.423 e. The zero-order valence-electron chi connectivity index (χ0n) is 16.5. The van der Waals surface area contributed by atoms with E-state index in [0.29, 0.717) is 11.3 Å². The van der Waals surface area contributed by atoms with Crippen LogP contribution in [0.2, 0.25) is 0 Å². The number of nitrogens with zero attached hydrogens (tertiary/aromatic N) is 2. The SMILES string of the molecule is O=C(CSc1nc2ccccc2s1)N/N=C/c1ccc(OC(=O)c2ccc(F)cc2)cc1. The Labute approximate surface area is 191 Å². The van der Waals surface area contributed by atoms with E-state index in [-0.39, 0.29) is 17.2 Å². The maximum atomic E-state index is 12.9. The van der Waals surface area contributed by atoms with Crippen molar-refractivity contribution in [2.75, 3.05) is 5.75 Å². The number of fused-ring (bicyclic) bond motifs is 1. The average Bonchev–Trinajstić information content (AvgIpc) is 3.22. The van der Waals surface area contributed by atoms with Gasteiger partial charge < -0.3 is 4.74 Å². The molecule has 4 aromatic rings. The van der Waals surface area contributed by atoms with Crippen LogP contribution in [0.3, 0.4) is 0 Å². The normalized spacial score (nSPS) is 11.0. The molecule has 0 unspecified atom stereocenters. The van der Waals surface area contributed by atoms with Gasteiger partial charge in [0.05, 0.1) is 27.7 Å². The number of hydrazone groups is 1. The Morgan fingerprint density at radius 2 is 1.81 bits per heavy atom. The van der Waals surface area contributed by atoms with Crippen LogP contribution < -0.4 is 10.2 Å². The van der Waals surface area contributed by atoms with Gasteiger partial charge in [0.25, 0.3) is 5.91 Å². The summed E-state index contributed by atoms with van der Waals surface area (Å²) < 4.78 is 20.1. The molecule has 160 valence electrons. The van der Waals surface area contributed by atoms with Crippen molar-refractivity contribution in [2.24, 2.45) is 5.10 Å². The number of thioether (sulfide) groups is 1.